The van der Waals surface area contributed by atoms with Crippen molar-refractivity contribution in [2.45, 2.75) is 26.4 Å². The molecule has 0 aliphatic heterocycles. The topological polar surface area (TPSA) is 46.9 Å². The first-order valence-corrected chi connectivity index (χ1v) is 4.59. The number of hydrogen-bond acceptors (Lipinski definition) is 2. The summed E-state index contributed by atoms with van der Waals surface area (Å²) in [6.07, 6.45) is 5.98. The Hall–Kier alpha value is -1.58. The Morgan fingerprint density at radius 2 is 2.43 bits per heavy atom. The summed E-state index contributed by atoms with van der Waals surface area (Å²) in [6, 6.07) is 0. The number of aromatic nitrogens is 2. The third kappa shape index (κ3) is 2.45. The highest BCUT2D eigenvalue weighted by molar-refractivity contribution is 5.92. The van der Waals surface area contributed by atoms with Gasteiger partial charge in [-0.3, -0.25) is 4.79 Å². The van der Waals surface area contributed by atoms with Crippen LogP contribution in [0.25, 0.3) is 0 Å². The normalized spacial score (nSPS) is 12.1. The fourth-order valence-corrected chi connectivity index (χ4v) is 1.12. The summed E-state index contributed by atoms with van der Waals surface area (Å²) in [5.41, 5.74) is 0.517. The van der Waals surface area contributed by atoms with E-state index in [9.17, 15) is 4.79 Å². The number of nitrogens with zero attached hydrogens (tertiary/aromatic N) is 2. The zero-order valence-electron chi connectivity index (χ0n) is 8.53. The Bertz CT molecular complexity index is 316. The number of amides is 1. The molecule has 1 heterocycles. The molecular formula is C10H15N3O. The molecule has 0 aliphatic rings. The summed E-state index contributed by atoms with van der Waals surface area (Å²) in [6.45, 7) is 7.28. The van der Waals surface area contributed by atoms with E-state index in [2.05, 4.69) is 16.9 Å². The molecule has 0 radical (unpaired) electrons. The van der Waals surface area contributed by atoms with Crippen molar-refractivity contribution in [2.24, 2.45) is 0 Å². The van der Waals surface area contributed by atoms with E-state index in [1.165, 1.54) is 0 Å². The van der Waals surface area contributed by atoms with Crippen molar-refractivity contribution in [2.75, 3.05) is 0 Å². The van der Waals surface area contributed by atoms with Gasteiger partial charge in [0.2, 0.25) is 5.91 Å². The zero-order chi connectivity index (χ0) is 10.6. The van der Waals surface area contributed by atoms with E-state index >= 15 is 0 Å². The molecule has 0 spiro atoms. The Morgan fingerprint density at radius 1 is 1.71 bits per heavy atom. The van der Waals surface area contributed by atoms with Crippen LogP contribution in [0.4, 0.5) is 0 Å². The lowest BCUT2D eigenvalue weighted by atomic mass is 10.3. The average Bonchev–Trinajstić information content (AvgIpc) is 2.66. The van der Waals surface area contributed by atoms with Crippen molar-refractivity contribution in [1.82, 2.24) is 14.9 Å². The van der Waals surface area contributed by atoms with Gasteiger partial charge in [-0.05, 0) is 13.3 Å². The molecular weight excluding hydrogens is 178 g/mol. The first-order chi connectivity index (χ1) is 6.65. The predicted octanol–water partition coefficient (Wildman–Crippen LogP) is 1.48. The van der Waals surface area contributed by atoms with E-state index in [0.29, 0.717) is 5.57 Å². The zero-order valence-corrected chi connectivity index (χ0v) is 8.53. The van der Waals surface area contributed by atoms with Gasteiger partial charge in [0.25, 0.3) is 0 Å². The van der Waals surface area contributed by atoms with Crippen molar-refractivity contribution >= 4 is 5.91 Å². The maximum atomic E-state index is 11.4. The molecule has 0 aromatic carbocycles. The highest BCUT2D eigenvalue weighted by Gasteiger charge is 2.11. The molecule has 0 aliphatic carbocycles. The van der Waals surface area contributed by atoms with Crippen LogP contribution >= 0.6 is 0 Å². The lowest BCUT2D eigenvalue weighted by molar-refractivity contribution is -0.118. The van der Waals surface area contributed by atoms with Crippen LogP contribution in [-0.4, -0.2) is 15.5 Å². The molecule has 1 aromatic heterocycles. The maximum Gasteiger partial charge on any atom is 0.247 e. The van der Waals surface area contributed by atoms with E-state index in [1.54, 1.807) is 19.4 Å². The number of carbonyl (C=O) groups excluding carboxylic acids is 1. The number of carbonyl (C=O) groups is 1. The van der Waals surface area contributed by atoms with E-state index in [0.717, 1.165) is 6.42 Å². The van der Waals surface area contributed by atoms with Crippen molar-refractivity contribution in [3.63, 3.8) is 0 Å². The smallest absolute Gasteiger partial charge is 0.247 e. The molecule has 0 saturated heterocycles. The summed E-state index contributed by atoms with van der Waals surface area (Å²) in [5.74, 6) is -0.120. The lowest BCUT2D eigenvalue weighted by Gasteiger charge is -2.18. The molecule has 4 heteroatoms. The fraction of sp³-hybridized carbons (Fsp3) is 0.400. The average molecular weight is 193 g/mol. The standard InChI is InChI=1S/C10H15N3O/c1-4-9(12-10(14)8(2)3)13-6-5-11-7-13/h5-7,9H,2,4H2,1,3H3,(H,12,14). The molecule has 1 unspecified atom stereocenters. The molecule has 14 heavy (non-hydrogen) atoms. The Balaban J connectivity index is 2.65. The number of imidazole rings is 1. The van der Waals surface area contributed by atoms with Crippen LogP contribution in [-0.2, 0) is 4.79 Å². The van der Waals surface area contributed by atoms with Crippen LogP contribution in [0.3, 0.4) is 0 Å². The molecule has 0 saturated carbocycles. The highest BCUT2D eigenvalue weighted by atomic mass is 16.1. The molecule has 4 nitrogen and oxygen atoms in total. The van der Waals surface area contributed by atoms with Crippen LogP contribution < -0.4 is 5.32 Å². The van der Waals surface area contributed by atoms with Crippen LogP contribution in [0.1, 0.15) is 26.4 Å². The summed E-state index contributed by atoms with van der Waals surface area (Å²) >= 11 is 0. The molecule has 1 rings (SSSR count). The Kier molecular flexibility index (Phi) is 3.45. The number of nitrogens with one attached hydrogen (secondary N) is 1. The van der Waals surface area contributed by atoms with Crippen LogP contribution in [0.2, 0.25) is 0 Å². The monoisotopic (exact) mass is 193 g/mol. The van der Waals surface area contributed by atoms with Crippen LogP contribution in [0.15, 0.2) is 30.9 Å². The third-order valence-electron chi connectivity index (χ3n) is 1.96. The summed E-state index contributed by atoms with van der Waals surface area (Å²) in [5, 5.41) is 2.85. The minimum atomic E-state index is -0.120. The van der Waals surface area contributed by atoms with Gasteiger partial charge < -0.3 is 9.88 Å². The van der Waals surface area contributed by atoms with Crippen molar-refractivity contribution in [3.05, 3.63) is 30.9 Å². The van der Waals surface area contributed by atoms with E-state index < -0.39 is 0 Å². The molecule has 76 valence electrons. The maximum absolute atomic E-state index is 11.4. The number of hydrogen-bond donors (Lipinski definition) is 1. The second kappa shape index (κ2) is 4.60. The van der Waals surface area contributed by atoms with Gasteiger partial charge in [0.05, 0.1) is 6.33 Å². The molecule has 1 atom stereocenters. The largest absolute Gasteiger partial charge is 0.332 e. The first kappa shape index (κ1) is 10.5. The quantitative estimate of drug-likeness (QED) is 0.736. The summed E-state index contributed by atoms with van der Waals surface area (Å²) < 4.78 is 1.86. The van der Waals surface area contributed by atoms with Crippen LogP contribution in [0.5, 0.6) is 0 Å². The van der Waals surface area contributed by atoms with Crippen molar-refractivity contribution < 1.29 is 4.79 Å². The van der Waals surface area contributed by atoms with Gasteiger partial charge in [0.1, 0.15) is 6.17 Å². The van der Waals surface area contributed by atoms with Crippen LogP contribution in [0, 0.1) is 0 Å². The second-order valence-corrected chi connectivity index (χ2v) is 3.19. The van der Waals surface area contributed by atoms with Gasteiger partial charge in [0.15, 0.2) is 0 Å². The summed E-state index contributed by atoms with van der Waals surface area (Å²) in [4.78, 5) is 15.3. The van der Waals surface area contributed by atoms with Crippen molar-refractivity contribution in [1.29, 1.82) is 0 Å². The predicted molar refractivity (Wildman–Crippen MR) is 54.5 cm³/mol. The van der Waals surface area contributed by atoms with Gasteiger partial charge in [-0.25, -0.2) is 4.98 Å². The van der Waals surface area contributed by atoms with Gasteiger partial charge in [-0.1, -0.05) is 13.5 Å². The molecule has 1 amide bonds. The van der Waals surface area contributed by atoms with Gasteiger partial charge in [0, 0.05) is 18.0 Å². The van der Waals surface area contributed by atoms with E-state index in [-0.39, 0.29) is 12.1 Å². The van der Waals surface area contributed by atoms with E-state index in [1.807, 2.05) is 17.7 Å². The fourth-order valence-electron chi connectivity index (χ4n) is 1.12. The minimum Gasteiger partial charge on any atom is -0.332 e. The third-order valence-corrected chi connectivity index (χ3v) is 1.96. The molecule has 0 fully saturated rings. The highest BCUT2D eigenvalue weighted by Crippen LogP contribution is 2.06. The minimum absolute atomic E-state index is 0.0401. The number of rotatable bonds is 4. The molecule has 1 N–H and O–H groups in total. The van der Waals surface area contributed by atoms with Gasteiger partial charge in [-0.15, -0.1) is 0 Å². The SMILES string of the molecule is C=C(C)C(=O)NC(CC)n1ccnc1. The Labute approximate surface area is 83.6 Å². The van der Waals surface area contributed by atoms with Crippen molar-refractivity contribution in [3.8, 4) is 0 Å². The molecule has 1 aromatic rings. The first-order valence-electron chi connectivity index (χ1n) is 4.59. The Morgan fingerprint density at radius 3 is 2.86 bits per heavy atom. The second-order valence-electron chi connectivity index (χ2n) is 3.19. The van der Waals surface area contributed by atoms with Gasteiger partial charge >= 0.3 is 0 Å². The molecule has 0 bridgehead atoms. The van der Waals surface area contributed by atoms with Gasteiger partial charge in [-0.2, -0.15) is 0 Å². The lowest BCUT2D eigenvalue weighted by Crippen LogP contribution is -2.31. The van der Waals surface area contributed by atoms with E-state index in [4.69, 9.17) is 0 Å². The summed E-state index contributed by atoms with van der Waals surface area (Å²) in [7, 11) is 0.